The van der Waals surface area contributed by atoms with Gasteiger partial charge in [0.05, 0.1) is 27.0 Å². The maximum Gasteiger partial charge on any atom is 0.271 e. The first kappa shape index (κ1) is 18.2. The van der Waals surface area contributed by atoms with Crippen LogP contribution in [-0.2, 0) is 19.5 Å². The summed E-state index contributed by atoms with van der Waals surface area (Å²) in [5, 5.41) is 2.84. The van der Waals surface area contributed by atoms with Gasteiger partial charge in [0.1, 0.15) is 28.8 Å². The zero-order valence-electron chi connectivity index (χ0n) is 16.0. The van der Waals surface area contributed by atoms with Gasteiger partial charge in [-0.3, -0.25) is 4.79 Å². The molecule has 146 valence electrons. The van der Waals surface area contributed by atoms with Crippen LogP contribution in [0.1, 0.15) is 40.0 Å². The van der Waals surface area contributed by atoms with Gasteiger partial charge in [-0.1, -0.05) is 6.07 Å². The van der Waals surface area contributed by atoms with E-state index in [0.29, 0.717) is 23.9 Å². The van der Waals surface area contributed by atoms with E-state index in [1.54, 1.807) is 26.5 Å². The van der Waals surface area contributed by atoms with Crippen molar-refractivity contribution < 1.29 is 18.7 Å². The summed E-state index contributed by atoms with van der Waals surface area (Å²) in [6.07, 6.45) is 5.18. The summed E-state index contributed by atoms with van der Waals surface area (Å²) in [6.45, 7) is 1.11. The molecule has 1 aliphatic rings. The van der Waals surface area contributed by atoms with E-state index in [2.05, 4.69) is 20.9 Å². The second-order valence-electron chi connectivity index (χ2n) is 6.80. The van der Waals surface area contributed by atoms with Gasteiger partial charge in [-0.25, -0.2) is 4.98 Å². The standard InChI is InChI=1S/C21H23N3O4/c1-26-15-6-7-17(19(10-15)27-2)14-5-8-20-23-18(13-24(20)12-14)21(25)22-11-16-4-3-9-28-16/h3-4,6-7,9-10,13-14H,5,8,11-12H2,1-2H3,(H,22,25)/t14-/m1/s1. The largest absolute Gasteiger partial charge is 0.497 e. The van der Waals surface area contributed by atoms with E-state index in [-0.39, 0.29) is 5.91 Å². The van der Waals surface area contributed by atoms with Gasteiger partial charge in [0, 0.05) is 31.1 Å². The summed E-state index contributed by atoms with van der Waals surface area (Å²) < 4.78 is 18.2. The third-order valence-electron chi connectivity index (χ3n) is 5.11. The van der Waals surface area contributed by atoms with Crippen molar-refractivity contribution in [2.75, 3.05) is 14.2 Å². The van der Waals surface area contributed by atoms with Crippen molar-refractivity contribution in [3.05, 3.63) is 65.6 Å². The van der Waals surface area contributed by atoms with Crippen molar-refractivity contribution in [3.8, 4) is 11.5 Å². The van der Waals surface area contributed by atoms with Gasteiger partial charge in [0.2, 0.25) is 0 Å². The number of imidazole rings is 1. The summed E-state index contributed by atoms with van der Waals surface area (Å²) in [6, 6.07) is 9.54. The molecule has 2 aromatic heterocycles. The number of nitrogens with zero attached hydrogens (tertiary/aromatic N) is 2. The number of amides is 1. The Morgan fingerprint density at radius 1 is 1.32 bits per heavy atom. The molecule has 1 amide bonds. The van der Waals surface area contributed by atoms with Crippen LogP contribution >= 0.6 is 0 Å². The number of methoxy groups -OCH3 is 2. The maximum atomic E-state index is 12.4. The van der Waals surface area contributed by atoms with Crippen LogP contribution in [0.5, 0.6) is 11.5 Å². The van der Waals surface area contributed by atoms with Gasteiger partial charge in [0.25, 0.3) is 5.91 Å². The number of aryl methyl sites for hydroxylation is 1. The minimum Gasteiger partial charge on any atom is -0.497 e. The van der Waals surface area contributed by atoms with Gasteiger partial charge in [0.15, 0.2) is 0 Å². The topological polar surface area (TPSA) is 78.5 Å². The number of aromatic nitrogens is 2. The molecule has 0 bridgehead atoms. The van der Waals surface area contributed by atoms with Crippen molar-refractivity contribution in [3.63, 3.8) is 0 Å². The van der Waals surface area contributed by atoms with Crippen molar-refractivity contribution >= 4 is 5.91 Å². The molecule has 0 unspecified atom stereocenters. The first-order chi connectivity index (χ1) is 13.7. The fourth-order valence-electron chi connectivity index (χ4n) is 3.63. The third kappa shape index (κ3) is 3.60. The molecule has 0 saturated heterocycles. The lowest BCUT2D eigenvalue weighted by molar-refractivity contribution is 0.0943. The highest BCUT2D eigenvalue weighted by Crippen LogP contribution is 2.36. The van der Waals surface area contributed by atoms with E-state index >= 15 is 0 Å². The summed E-state index contributed by atoms with van der Waals surface area (Å²) >= 11 is 0. The van der Waals surface area contributed by atoms with Gasteiger partial charge in [-0.15, -0.1) is 0 Å². The zero-order chi connectivity index (χ0) is 19.5. The fourth-order valence-corrected chi connectivity index (χ4v) is 3.63. The van der Waals surface area contributed by atoms with E-state index < -0.39 is 0 Å². The average Bonchev–Trinajstić information content (AvgIpc) is 3.40. The Morgan fingerprint density at radius 3 is 2.96 bits per heavy atom. The number of ether oxygens (including phenoxy) is 2. The van der Waals surface area contributed by atoms with E-state index in [1.807, 2.05) is 24.4 Å². The SMILES string of the molecule is COc1ccc([C@@H]2CCc3nc(C(=O)NCc4ccco4)cn3C2)c(OC)c1. The van der Waals surface area contributed by atoms with Crippen LogP contribution in [0.3, 0.4) is 0 Å². The third-order valence-corrected chi connectivity index (χ3v) is 5.11. The number of benzene rings is 1. The molecule has 1 aliphatic heterocycles. The first-order valence-electron chi connectivity index (χ1n) is 9.26. The number of carbonyl (C=O) groups is 1. The minimum atomic E-state index is -0.197. The summed E-state index contributed by atoms with van der Waals surface area (Å²) in [7, 11) is 3.32. The average molecular weight is 381 g/mol. The number of hydrogen-bond donors (Lipinski definition) is 1. The Hall–Kier alpha value is -3.22. The molecule has 1 atom stereocenters. The quantitative estimate of drug-likeness (QED) is 0.710. The Kier molecular flexibility index (Phi) is 5.06. The lowest BCUT2D eigenvalue weighted by Crippen LogP contribution is -2.22. The molecule has 3 heterocycles. The zero-order valence-corrected chi connectivity index (χ0v) is 16.0. The summed E-state index contributed by atoms with van der Waals surface area (Å²) in [4.78, 5) is 16.9. The molecule has 7 heteroatoms. The Labute approximate surface area is 163 Å². The van der Waals surface area contributed by atoms with Crippen molar-refractivity contribution in [1.82, 2.24) is 14.9 Å². The lowest BCUT2D eigenvalue weighted by atomic mass is 9.91. The number of rotatable bonds is 6. The van der Waals surface area contributed by atoms with Crippen LogP contribution in [0, 0.1) is 0 Å². The van der Waals surface area contributed by atoms with Crippen molar-refractivity contribution in [2.45, 2.75) is 31.8 Å². The smallest absolute Gasteiger partial charge is 0.271 e. The Balaban J connectivity index is 1.48. The molecule has 0 fully saturated rings. The second kappa shape index (κ2) is 7.80. The van der Waals surface area contributed by atoms with Crippen LogP contribution in [-0.4, -0.2) is 29.7 Å². The van der Waals surface area contributed by atoms with E-state index in [4.69, 9.17) is 13.9 Å². The predicted molar refractivity (Wildman–Crippen MR) is 103 cm³/mol. The van der Waals surface area contributed by atoms with Crippen molar-refractivity contribution in [1.29, 1.82) is 0 Å². The highest BCUT2D eigenvalue weighted by atomic mass is 16.5. The van der Waals surface area contributed by atoms with Crippen LogP contribution in [0.2, 0.25) is 0 Å². The molecule has 0 aliphatic carbocycles. The predicted octanol–water partition coefficient (Wildman–Crippen LogP) is 3.15. The van der Waals surface area contributed by atoms with Gasteiger partial charge < -0.3 is 23.8 Å². The summed E-state index contributed by atoms with van der Waals surface area (Å²) in [5.41, 5.74) is 1.58. The molecule has 0 spiro atoms. The van der Waals surface area contributed by atoms with Crippen LogP contribution in [0.4, 0.5) is 0 Å². The Bertz CT molecular complexity index is 962. The highest BCUT2D eigenvalue weighted by Gasteiger charge is 2.25. The van der Waals surface area contributed by atoms with Crippen LogP contribution < -0.4 is 14.8 Å². The maximum absolute atomic E-state index is 12.4. The number of fused-ring (bicyclic) bond motifs is 1. The fraction of sp³-hybridized carbons (Fsp3) is 0.333. The number of nitrogens with one attached hydrogen (secondary N) is 1. The van der Waals surface area contributed by atoms with Crippen LogP contribution in [0.25, 0.3) is 0 Å². The molecule has 28 heavy (non-hydrogen) atoms. The number of hydrogen-bond acceptors (Lipinski definition) is 5. The number of furan rings is 1. The highest BCUT2D eigenvalue weighted by molar-refractivity contribution is 5.92. The van der Waals surface area contributed by atoms with E-state index in [1.165, 1.54) is 0 Å². The van der Waals surface area contributed by atoms with Gasteiger partial charge >= 0.3 is 0 Å². The molecule has 4 rings (SSSR count). The van der Waals surface area contributed by atoms with Gasteiger partial charge in [-0.05, 0) is 30.2 Å². The molecular formula is C21H23N3O4. The summed E-state index contributed by atoms with van der Waals surface area (Å²) in [5.74, 6) is 3.34. The minimum absolute atomic E-state index is 0.197. The first-order valence-corrected chi connectivity index (χ1v) is 9.26. The van der Waals surface area contributed by atoms with E-state index in [9.17, 15) is 4.79 Å². The van der Waals surface area contributed by atoms with E-state index in [0.717, 1.165) is 42.3 Å². The van der Waals surface area contributed by atoms with Gasteiger partial charge in [-0.2, -0.15) is 0 Å². The van der Waals surface area contributed by atoms with Crippen molar-refractivity contribution in [2.24, 2.45) is 0 Å². The molecule has 1 N–H and O–H groups in total. The molecule has 0 radical (unpaired) electrons. The molecule has 7 nitrogen and oxygen atoms in total. The molecule has 0 saturated carbocycles. The second-order valence-corrected chi connectivity index (χ2v) is 6.80. The normalized spacial score (nSPS) is 15.7. The monoisotopic (exact) mass is 381 g/mol. The molecule has 1 aromatic carbocycles. The number of carbonyl (C=O) groups excluding carboxylic acids is 1. The lowest BCUT2D eigenvalue weighted by Gasteiger charge is -2.25. The van der Waals surface area contributed by atoms with Crippen LogP contribution in [0.15, 0.2) is 47.2 Å². The molecular weight excluding hydrogens is 358 g/mol. The Morgan fingerprint density at radius 2 is 2.21 bits per heavy atom. The molecule has 3 aromatic rings.